The number of rotatable bonds is 4. The first-order valence-corrected chi connectivity index (χ1v) is 8.10. The van der Waals surface area contributed by atoms with E-state index in [9.17, 15) is 14.7 Å². The summed E-state index contributed by atoms with van der Waals surface area (Å²) in [7, 11) is 0. The van der Waals surface area contributed by atoms with Gasteiger partial charge < -0.3 is 10.8 Å². The van der Waals surface area contributed by atoms with Crippen LogP contribution in [0.5, 0.6) is 0 Å². The highest BCUT2D eigenvalue weighted by Crippen LogP contribution is 2.61. The Labute approximate surface area is 144 Å². The third kappa shape index (κ3) is 2.13. The van der Waals surface area contributed by atoms with Crippen LogP contribution < -0.4 is 11.1 Å². The second kappa shape index (κ2) is 5.08. The lowest BCUT2D eigenvalue weighted by atomic mass is 9.94. The zero-order valence-electron chi connectivity index (χ0n) is 12.3. The molecule has 1 aromatic carbocycles. The standard InChI is InChI=1S/C14H13BrN6O3/c15-8-2-5(11(16)22)1-7(12-18-20-21-19-12)10(8)14-4-6(14)3-9(17-14)13(23)24/h1-2,6,9,17H,3-4H2,(H2,16,22)(H,23,24)(H,18,19,20,21)/t6-,9-,14-/m0/s1. The minimum atomic E-state index is -0.868. The van der Waals surface area contributed by atoms with Crippen molar-refractivity contribution >= 4 is 27.8 Å². The molecule has 24 heavy (non-hydrogen) atoms. The second-order valence-corrected chi connectivity index (χ2v) is 6.98. The van der Waals surface area contributed by atoms with Gasteiger partial charge in [0.15, 0.2) is 0 Å². The highest BCUT2D eigenvalue weighted by molar-refractivity contribution is 9.10. The molecule has 0 radical (unpaired) electrons. The van der Waals surface area contributed by atoms with Gasteiger partial charge in [0.2, 0.25) is 11.7 Å². The smallest absolute Gasteiger partial charge is 0.320 e. The fourth-order valence-electron chi connectivity index (χ4n) is 3.64. The highest BCUT2D eigenvalue weighted by atomic mass is 79.9. The Balaban J connectivity index is 1.87. The second-order valence-electron chi connectivity index (χ2n) is 6.12. The summed E-state index contributed by atoms with van der Waals surface area (Å²) in [6, 6.07) is 2.67. The van der Waals surface area contributed by atoms with Crippen LogP contribution >= 0.6 is 15.9 Å². The molecule has 10 heteroatoms. The van der Waals surface area contributed by atoms with Crippen LogP contribution in [0.2, 0.25) is 0 Å². The van der Waals surface area contributed by atoms with Gasteiger partial charge in [-0.05, 0) is 41.7 Å². The number of aromatic nitrogens is 4. The normalized spacial score (nSPS) is 27.7. The predicted molar refractivity (Wildman–Crippen MR) is 84.8 cm³/mol. The molecule has 2 aliphatic rings. The van der Waals surface area contributed by atoms with Gasteiger partial charge in [0.05, 0.1) is 0 Å². The van der Waals surface area contributed by atoms with Gasteiger partial charge in [-0.15, -0.1) is 10.2 Å². The number of benzene rings is 1. The van der Waals surface area contributed by atoms with Gasteiger partial charge in [0.1, 0.15) is 6.04 Å². The third-order valence-electron chi connectivity index (χ3n) is 4.76. The van der Waals surface area contributed by atoms with E-state index in [1.165, 1.54) is 0 Å². The lowest BCUT2D eigenvalue weighted by molar-refractivity contribution is -0.139. The summed E-state index contributed by atoms with van der Waals surface area (Å²) in [6.07, 6.45) is 1.38. The molecule has 9 nitrogen and oxygen atoms in total. The van der Waals surface area contributed by atoms with Crippen LogP contribution in [0.15, 0.2) is 16.6 Å². The predicted octanol–water partition coefficient (Wildman–Crippen LogP) is 0.390. The van der Waals surface area contributed by atoms with Crippen molar-refractivity contribution in [3.63, 3.8) is 0 Å². The SMILES string of the molecule is NC(=O)c1cc(Br)c([C@]23C[C@@H]2C[C@@H](C(=O)O)N3)c(-c2nn[nH]n2)c1. The Kier molecular flexibility index (Phi) is 3.22. The molecule has 3 atom stereocenters. The lowest BCUT2D eigenvalue weighted by Gasteiger charge is -2.22. The Bertz CT molecular complexity index is 854. The van der Waals surface area contributed by atoms with Crippen molar-refractivity contribution < 1.29 is 14.7 Å². The largest absolute Gasteiger partial charge is 0.480 e. The number of tetrazole rings is 1. The number of hydrogen-bond donors (Lipinski definition) is 4. The van der Waals surface area contributed by atoms with Gasteiger partial charge in [-0.25, -0.2) is 0 Å². The van der Waals surface area contributed by atoms with Crippen molar-refractivity contribution in [2.45, 2.75) is 24.4 Å². The van der Waals surface area contributed by atoms with Gasteiger partial charge in [-0.2, -0.15) is 5.21 Å². The maximum atomic E-state index is 11.6. The maximum absolute atomic E-state index is 11.6. The number of aliphatic carboxylic acids is 1. The van der Waals surface area contributed by atoms with Crippen LogP contribution in [0.25, 0.3) is 11.4 Å². The minimum absolute atomic E-state index is 0.208. The van der Waals surface area contributed by atoms with E-state index in [1.807, 2.05) is 0 Å². The fraction of sp³-hybridized carbons (Fsp3) is 0.357. The molecule has 2 fully saturated rings. The summed E-state index contributed by atoms with van der Waals surface area (Å²) in [6.45, 7) is 0. The van der Waals surface area contributed by atoms with Gasteiger partial charge in [-0.1, -0.05) is 15.9 Å². The van der Waals surface area contributed by atoms with E-state index in [0.29, 0.717) is 27.8 Å². The quantitative estimate of drug-likeness (QED) is 0.588. The Morgan fingerprint density at radius 2 is 2.21 bits per heavy atom. The number of carboxylic acids is 1. The Morgan fingerprint density at radius 1 is 1.42 bits per heavy atom. The van der Waals surface area contributed by atoms with Crippen LogP contribution in [-0.2, 0) is 10.3 Å². The van der Waals surface area contributed by atoms with E-state index in [2.05, 4.69) is 41.9 Å². The number of carbonyl (C=O) groups is 2. The summed E-state index contributed by atoms with van der Waals surface area (Å²) < 4.78 is 0.666. The minimum Gasteiger partial charge on any atom is -0.480 e. The number of nitrogens with one attached hydrogen (secondary N) is 2. The zero-order chi connectivity index (χ0) is 17.1. The van der Waals surface area contributed by atoms with E-state index in [1.54, 1.807) is 12.1 Å². The van der Waals surface area contributed by atoms with Crippen molar-refractivity contribution in [2.24, 2.45) is 11.7 Å². The highest BCUT2D eigenvalue weighted by Gasteiger charge is 2.63. The molecule has 1 saturated carbocycles. The first kappa shape index (κ1) is 15.2. The number of carboxylic acid groups (broad SMARTS) is 1. The lowest BCUT2D eigenvalue weighted by Crippen LogP contribution is -2.39. The summed E-state index contributed by atoms with van der Waals surface area (Å²) in [5, 5.41) is 26.5. The Morgan fingerprint density at radius 3 is 2.79 bits per heavy atom. The van der Waals surface area contributed by atoms with E-state index < -0.39 is 23.5 Å². The van der Waals surface area contributed by atoms with Crippen molar-refractivity contribution in [1.29, 1.82) is 0 Å². The molecule has 124 valence electrons. The molecule has 0 bridgehead atoms. The molecule has 0 unspecified atom stereocenters. The number of aromatic amines is 1. The van der Waals surface area contributed by atoms with Gasteiger partial charge in [0.25, 0.3) is 0 Å². The van der Waals surface area contributed by atoms with Gasteiger partial charge >= 0.3 is 5.97 Å². The molecular weight excluding hydrogens is 380 g/mol. The summed E-state index contributed by atoms with van der Waals surface area (Å²) >= 11 is 3.50. The number of H-pyrrole nitrogens is 1. The van der Waals surface area contributed by atoms with E-state index in [-0.39, 0.29) is 5.92 Å². The first-order valence-electron chi connectivity index (χ1n) is 7.30. The summed E-state index contributed by atoms with van der Waals surface area (Å²) in [5.74, 6) is -0.901. The molecular formula is C14H13BrN6O3. The van der Waals surface area contributed by atoms with Crippen molar-refractivity contribution in [3.8, 4) is 11.4 Å². The van der Waals surface area contributed by atoms with Crippen molar-refractivity contribution in [2.75, 3.05) is 0 Å². The number of fused-ring (bicyclic) bond motifs is 1. The Hall–Kier alpha value is -2.33. The van der Waals surface area contributed by atoms with E-state index >= 15 is 0 Å². The van der Waals surface area contributed by atoms with Crippen molar-refractivity contribution in [3.05, 3.63) is 27.7 Å². The van der Waals surface area contributed by atoms with Crippen molar-refractivity contribution in [1.82, 2.24) is 25.9 Å². The summed E-state index contributed by atoms with van der Waals surface area (Å²) in [5.41, 5.74) is 6.68. The molecule has 1 aromatic heterocycles. The number of amides is 1. The number of piperidine rings is 1. The van der Waals surface area contributed by atoms with E-state index in [0.717, 1.165) is 12.0 Å². The van der Waals surface area contributed by atoms with Crippen LogP contribution in [0.1, 0.15) is 28.8 Å². The molecule has 1 amide bonds. The molecule has 4 rings (SSSR count). The number of hydrogen-bond acceptors (Lipinski definition) is 6. The zero-order valence-corrected chi connectivity index (χ0v) is 13.9. The number of nitrogens with zero attached hydrogens (tertiary/aromatic N) is 3. The molecule has 0 spiro atoms. The van der Waals surface area contributed by atoms with Crippen LogP contribution in [-0.4, -0.2) is 43.6 Å². The molecule has 1 aliphatic carbocycles. The van der Waals surface area contributed by atoms with Crippen LogP contribution in [0, 0.1) is 5.92 Å². The summed E-state index contributed by atoms with van der Waals surface area (Å²) in [4.78, 5) is 22.9. The third-order valence-corrected chi connectivity index (χ3v) is 5.39. The number of halogens is 1. The first-order chi connectivity index (χ1) is 11.4. The average molecular weight is 393 g/mol. The topological polar surface area (TPSA) is 147 Å². The monoisotopic (exact) mass is 392 g/mol. The van der Waals surface area contributed by atoms with E-state index in [4.69, 9.17) is 5.73 Å². The average Bonchev–Trinajstić information content (AvgIpc) is 2.95. The van der Waals surface area contributed by atoms with Gasteiger partial charge in [0, 0.05) is 21.1 Å². The molecule has 1 aliphatic heterocycles. The van der Waals surface area contributed by atoms with Gasteiger partial charge in [-0.3, -0.25) is 14.9 Å². The fourth-order valence-corrected chi connectivity index (χ4v) is 4.45. The van der Waals surface area contributed by atoms with Crippen LogP contribution in [0.4, 0.5) is 0 Å². The number of nitrogens with two attached hydrogens (primary N) is 1. The number of primary amides is 1. The molecule has 2 heterocycles. The van der Waals surface area contributed by atoms with Crippen LogP contribution in [0.3, 0.4) is 0 Å². The maximum Gasteiger partial charge on any atom is 0.320 e. The molecule has 5 N–H and O–H groups in total. The molecule has 2 aromatic rings. The molecule has 1 saturated heterocycles. The number of carbonyl (C=O) groups excluding carboxylic acids is 1.